The highest BCUT2D eigenvalue weighted by atomic mass is 32.2. The molecule has 2 aliphatic rings. The van der Waals surface area contributed by atoms with Crippen LogP contribution in [0.5, 0.6) is 0 Å². The van der Waals surface area contributed by atoms with Gasteiger partial charge in [0, 0.05) is 16.3 Å². The highest BCUT2D eigenvalue weighted by Crippen LogP contribution is 2.37. The SMILES string of the molecule is Cc1sc(S(N)(=O)=NC(=O)Nc2c3c(nc4c2CCC4)CCC3)cc1C(C)(C)O. The van der Waals surface area contributed by atoms with Gasteiger partial charge in [-0.3, -0.25) is 4.98 Å². The van der Waals surface area contributed by atoms with Crippen molar-refractivity contribution in [1.82, 2.24) is 4.98 Å². The van der Waals surface area contributed by atoms with Crippen molar-refractivity contribution in [1.29, 1.82) is 0 Å². The molecule has 1 atom stereocenters. The van der Waals surface area contributed by atoms with Crippen LogP contribution in [0.4, 0.5) is 10.5 Å². The molecule has 0 saturated carbocycles. The van der Waals surface area contributed by atoms with Crippen LogP contribution in [0.2, 0.25) is 0 Å². The standard InChI is InChI=1S/C20H26N4O3S2/c1-11-14(20(2,3)26)10-17(28-11)29(21,27)24-19(25)23-18-12-6-4-8-15(12)22-16-9-5-7-13(16)18/h10,26H,4-9H2,1-3H3,(H3,21,22,23,24,25,27). The summed E-state index contributed by atoms with van der Waals surface area (Å²) in [4.78, 5) is 18.3. The molecule has 29 heavy (non-hydrogen) atoms. The molecule has 2 aliphatic carbocycles. The highest BCUT2D eigenvalue weighted by molar-refractivity contribution is 7.93. The van der Waals surface area contributed by atoms with E-state index >= 15 is 0 Å². The number of pyridine rings is 1. The van der Waals surface area contributed by atoms with E-state index in [2.05, 4.69) is 9.68 Å². The first-order chi connectivity index (χ1) is 13.6. The van der Waals surface area contributed by atoms with Gasteiger partial charge in [0.25, 0.3) is 0 Å². The fourth-order valence-corrected chi connectivity index (χ4v) is 6.77. The van der Waals surface area contributed by atoms with Crippen molar-refractivity contribution in [3.63, 3.8) is 0 Å². The largest absolute Gasteiger partial charge is 0.386 e. The number of aliphatic hydroxyl groups is 1. The summed E-state index contributed by atoms with van der Waals surface area (Å²) in [6.07, 6.45) is 5.64. The zero-order valence-corrected chi connectivity index (χ0v) is 18.5. The van der Waals surface area contributed by atoms with Crippen molar-refractivity contribution < 1.29 is 14.1 Å². The first-order valence-electron chi connectivity index (χ1n) is 9.79. The van der Waals surface area contributed by atoms with E-state index in [1.807, 2.05) is 6.92 Å². The summed E-state index contributed by atoms with van der Waals surface area (Å²) in [5.41, 5.74) is 4.60. The van der Waals surface area contributed by atoms with Crippen LogP contribution in [0.25, 0.3) is 0 Å². The lowest BCUT2D eigenvalue weighted by Gasteiger charge is -2.16. The van der Waals surface area contributed by atoms with Gasteiger partial charge in [0.05, 0.1) is 11.3 Å². The van der Waals surface area contributed by atoms with Crippen molar-refractivity contribution in [2.75, 3.05) is 5.32 Å². The Bertz CT molecular complexity index is 1090. The number of nitrogens with zero attached hydrogens (tertiary/aromatic N) is 2. The molecule has 2 aromatic rings. The molecule has 2 heterocycles. The van der Waals surface area contributed by atoms with E-state index in [9.17, 15) is 14.1 Å². The zero-order valence-electron chi connectivity index (χ0n) is 16.9. The maximum absolute atomic E-state index is 13.0. The minimum atomic E-state index is -3.41. The van der Waals surface area contributed by atoms with Crippen LogP contribution in [0, 0.1) is 6.92 Å². The van der Waals surface area contributed by atoms with Crippen molar-refractivity contribution >= 4 is 33.0 Å². The average Bonchev–Trinajstić information content (AvgIpc) is 3.31. The first kappa shape index (κ1) is 20.5. The molecule has 2 amide bonds. The third-order valence-electron chi connectivity index (χ3n) is 5.54. The van der Waals surface area contributed by atoms with Crippen LogP contribution in [0.15, 0.2) is 14.6 Å². The van der Waals surface area contributed by atoms with E-state index in [1.165, 1.54) is 11.3 Å². The summed E-state index contributed by atoms with van der Waals surface area (Å²) in [7, 11) is -3.41. The molecule has 0 radical (unpaired) electrons. The number of aryl methyl sites for hydroxylation is 3. The van der Waals surface area contributed by atoms with Gasteiger partial charge in [0.15, 0.2) is 9.92 Å². The topological polar surface area (TPSA) is 118 Å². The molecule has 0 aliphatic heterocycles. The Kier molecular flexibility index (Phi) is 5.05. The van der Waals surface area contributed by atoms with Gasteiger partial charge in [0.2, 0.25) is 0 Å². The maximum Gasteiger partial charge on any atom is 0.354 e. The number of anilines is 1. The second kappa shape index (κ2) is 7.16. The highest BCUT2D eigenvalue weighted by Gasteiger charge is 2.27. The Morgan fingerprint density at radius 1 is 1.24 bits per heavy atom. The van der Waals surface area contributed by atoms with E-state index in [-0.39, 0.29) is 4.21 Å². The van der Waals surface area contributed by atoms with Crippen LogP contribution in [-0.4, -0.2) is 20.3 Å². The van der Waals surface area contributed by atoms with Gasteiger partial charge in [-0.05, 0) is 82.1 Å². The number of rotatable bonds is 3. The first-order valence-corrected chi connectivity index (χ1v) is 12.2. The van der Waals surface area contributed by atoms with Crippen LogP contribution in [-0.2, 0) is 41.2 Å². The fraction of sp³-hybridized carbons (Fsp3) is 0.500. The van der Waals surface area contributed by atoms with E-state index < -0.39 is 21.5 Å². The Morgan fingerprint density at radius 3 is 2.34 bits per heavy atom. The number of amides is 2. The lowest BCUT2D eigenvalue weighted by molar-refractivity contribution is 0.0783. The van der Waals surface area contributed by atoms with E-state index in [0.29, 0.717) is 5.56 Å². The number of hydrogen-bond acceptors (Lipinski definition) is 5. The number of thiophene rings is 1. The monoisotopic (exact) mass is 434 g/mol. The number of nitrogens with one attached hydrogen (secondary N) is 1. The summed E-state index contributed by atoms with van der Waals surface area (Å²) >= 11 is 1.19. The predicted molar refractivity (Wildman–Crippen MR) is 115 cm³/mol. The Hall–Kier alpha value is -1.81. The molecule has 4 rings (SSSR count). The summed E-state index contributed by atoms with van der Waals surface area (Å²) in [5.74, 6) is 0. The molecule has 0 spiro atoms. The van der Waals surface area contributed by atoms with Crippen molar-refractivity contribution in [2.45, 2.75) is 69.1 Å². The third-order valence-corrected chi connectivity index (χ3v) is 8.49. The molecule has 0 saturated heterocycles. The lowest BCUT2D eigenvalue weighted by Crippen LogP contribution is -2.19. The Balaban J connectivity index is 1.67. The Morgan fingerprint density at radius 2 is 1.83 bits per heavy atom. The van der Waals surface area contributed by atoms with E-state index in [4.69, 9.17) is 10.1 Å². The van der Waals surface area contributed by atoms with Crippen LogP contribution < -0.4 is 10.5 Å². The molecule has 156 valence electrons. The number of carbonyl (C=O) groups is 1. The summed E-state index contributed by atoms with van der Waals surface area (Å²) in [6.45, 7) is 5.12. The molecule has 9 heteroatoms. The molecule has 7 nitrogen and oxygen atoms in total. The minimum absolute atomic E-state index is 0.285. The average molecular weight is 435 g/mol. The molecular weight excluding hydrogens is 408 g/mol. The number of aromatic nitrogens is 1. The maximum atomic E-state index is 13.0. The molecule has 4 N–H and O–H groups in total. The normalized spacial score (nSPS) is 17.6. The molecular formula is C20H26N4O3S2. The smallest absolute Gasteiger partial charge is 0.354 e. The molecule has 2 aromatic heterocycles. The third kappa shape index (κ3) is 3.84. The van der Waals surface area contributed by atoms with Gasteiger partial charge < -0.3 is 10.4 Å². The van der Waals surface area contributed by atoms with Crippen LogP contribution in [0.3, 0.4) is 0 Å². The summed E-state index contributed by atoms with van der Waals surface area (Å²) < 4.78 is 17.1. The van der Waals surface area contributed by atoms with Gasteiger partial charge >= 0.3 is 6.03 Å². The number of hydrogen-bond donors (Lipinski definition) is 3. The van der Waals surface area contributed by atoms with E-state index in [0.717, 1.165) is 71.6 Å². The Labute approximate surface area is 175 Å². The van der Waals surface area contributed by atoms with Gasteiger partial charge in [-0.25, -0.2) is 14.1 Å². The van der Waals surface area contributed by atoms with E-state index in [1.54, 1.807) is 19.9 Å². The van der Waals surface area contributed by atoms with Crippen LogP contribution >= 0.6 is 11.3 Å². The van der Waals surface area contributed by atoms with Gasteiger partial charge in [-0.2, -0.15) is 0 Å². The lowest BCUT2D eigenvalue weighted by atomic mass is 10.00. The van der Waals surface area contributed by atoms with Gasteiger partial charge in [0.1, 0.15) is 4.21 Å². The second-order valence-electron chi connectivity index (χ2n) is 8.23. The molecule has 1 unspecified atom stereocenters. The number of fused-ring (bicyclic) bond motifs is 2. The molecule has 0 fully saturated rings. The van der Waals surface area contributed by atoms with Crippen molar-refractivity contribution in [2.24, 2.45) is 9.50 Å². The minimum Gasteiger partial charge on any atom is -0.386 e. The quantitative estimate of drug-likeness (QED) is 0.684. The number of nitrogens with two attached hydrogens (primary N) is 1. The fourth-order valence-electron chi connectivity index (χ4n) is 4.24. The second-order valence-corrected chi connectivity index (χ2v) is 11.5. The predicted octanol–water partition coefficient (Wildman–Crippen LogP) is 3.59. The summed E-state index contributed by atoms with van der Waals surface area (Å²) in [5, 5.41) is 19.1. The molecule has 0 aromatic carbocycles. The van der Waals surface area contributed by atoms with Gasteiger partial charge in [-0.15, -0.1) is 15.7 Å². The van der Waals surface area contributed by atoms with Crippen molar-refractivity contribution in [3.8, 4) is 0 Å². The number of urea groups is 1. The van der Waals surface area contributed by atoms with Gasteiger partial charge in [-0.1, -0.05) is 0 Å². The number of carbonyl (C=O) groups excluding carboxylic acids is 1. The zero-order chi connectivity index (χ0) is 21.0. The molecule has 0 bridgehead atoms. The van der Waals surface area contributed by atoms with Crippen LogP contribution in [0.1, 0.15) is 59.6 Å². The van der Waals surface area contributed by atoms with Crippen molar-refractivity contribution in [3.05, 3.63) is 39.0 Å². The summed E-state index contributed by atoms with van der Waals surface area (Å²) in [6, 6.07) is 0.879.